The molecule has 0 spiro atoms. The number of hydrogen-bond donors (Lipinski definition) is 5. The highest BCUT2D eigenvalue weighted by molar-refractivity contribution is 5.73. The molecule has 7 heteroatoms. The third kappa shape index (κ3) is 12.8. The van der Waals surface area contributed by atoms with Gasteiger partial charge >= 0.3 is 11.9 Å². The Balaban J connectivity index is 0. The summed E-state index contributed by atoms with van der Waals surface area (Å²) in [7, 11) is 0. The molecule has 0 aliphatic carbocycles. The number of aliphatic carboxylic acids is 2. The van der Waals surface area contributed by atoms with E-state index in [1.807, 2.05) is 0 Å². The van der Waals surface area contributed by atoms with E-state index in [4.69, 9.17) is 27.4 Å². The summed E-state index contributed by atoms with van der Waals surface area (Å²) in [5.74, 6) is -1.92. The minimum atomic E-state index is -0.963. The summed E-state index contributed by atoms with van der Waals surface area (Å²) in [6, 6.07) is -1.47. The third-order valence-electron chi connectivity index (χ3n) is 1.43. The maximum absolute atomic E-state index is 10.0. The molecule has 0 aromatic rings. The van der Waals surface area contributed by atoms with Gasteiger partial charge in [-0.1, -0.05) is 0 Å². The van der Waals surface area contributed by atoms with Crippen LogP contribution in [0.4, 0.5) is 0 Å². The predicted molar refractivity (Wildman–Crippen MR) is 55.2 cm³/mol. The third-order valence-corrected chi connectivity index (χ3v) is 1.43. The lowest BCUT2D eigenvalue weighted by molar-refractivity contribution is -0.139. The molecule has 0 aliphatic rings. The Morgan fingerprint density at radius 3 is 1.80 bits per heavy atom. The van der Waals surface area contributed by atoms with Crippen molar-refractivity contribution < 1.29 is 19.8 Å². The van der Waals surface area contributed by atoms with E-state index < -0.39 is 24.0 Å². The minimum absolute atomic E-state index is 0.464. The molecular weight excluding hydrogens is 202 g/mol. The van der Waals surface area contributed by atoms with E-state index in [0.29, 0.717) is 19.4 Å². The highest BCUT2D eigenvalue weighted by atomic mass is 16.4. The van der Waals surface area contributed by atoms with Crippen molar-refractivity contribution in [3.05, 3.63) is 0 Å². The number of carbonyl (C=O) groups is 2. The van der Waals surface area contributed by atoms with Gasteiger partial charge in [-0.15, -0.1) is 0 Å². The van der Waals surface area contributed by atoms with Crippen LogP contribution in [-0.2, 0) is 9.59 Å². The summed E-state index contributed by atoms with van der Waals surface area (Å²) in [4.78, 5) is 19.6. The van der Waals surface area contributed by atoms with Gasteiger partial charge in [0.05, 0.1) is 0 Å². The van der Waals surface area contributed by atoms with E-state index in [2.05, 4.69) is 0 Å². The Labute approximate surface area is 88.2 Å². The van der Waals surface area contributed by atoms with Gasteiger partial charge in [0.15, 0.2) is 0 Å². The summed E-state index contributed by atoms with van der Waals surface area (Å²) in [6.07, 6.45) is 1.14. The molecule has 0 amide bonds. The lowest BCUT2D eigenvalue weighted by atomic mass is 10.2. The maximum atomic E-state index is 10.0. The normalized spacial score (nSPS) is 13.3. The van der Waals surface area contributed by atoms with Gasteiger partial charge in [-0.25, -0.2) is 0 Å². The molecule has 1 unspecified atom stereocenters. The Hall–Kier alpha value is -1.18. The van der Waals surface area contributed by atoms with Gasteiger partial charge in [0.1, 0.15) is 12.1 Å². The van der Waals surface area contributed by atoms with Crippen LogP contribution in [-0.4, -0.2) is 40.8 Å². The lowest BCUT2D eigenvalue weighted by Crippen LogP contribution is -2.30. The van der Waals surface area contributed by atoms with Crippen molar-refractivity contribution in [1.82, 2.24) is 0 Å². The highest BCUT2D eigenvalue weighted by Gasteiger charge is 2.08. The molecule has 0 aromatic carbocycles. The number of nitrogens with two attached hydrogens (primary N) is 3. The number of carboxylic acid groups (broad SMARTS) is 2. The van der Waals surface area contributed by atoms with Gasteiger partial charge in [-0.3, -0.25) is 9.59 Å². The van der Waals surface area contributed by atoms with E-state index in [-0.39, 0.29) is 0 Å². The molecule has 0 aromatic heterocycles. The van der Waals surface area contributed by atoms with E-state index >= 15 is 0 Å². The molecule has 2 atom stereocenters. The zero-order valence-electron chi connectivity index (χ0n) is 8.72. The molecule has 0 heterocycles. The Morgan fingerprint density at radius 1 is 1.20 bits per heavy atom. The first-order valence-corrected chi connectivity index (χ1v) is 4.49. The van der Waals surface area contributed by atoms with Crippen molar-refractivity contribution in [2.24, 2.45) is 17.2 Å². The van der Waals surface area contributed by atoms with Crippen molar-refractivity contribution in [3.8, 4) is 0 Å². The van der Waals surface area contributed by atoms with Crippen LogP contribution in [0, 0.1) is 0 Å². The van der Waals surface area contributed by atoms with Gasteiger partial charge in [0.25, 0.3) is 0 Å². The summed E-state index contributed by atoms with van der Waals surface area (Å²) in [5, 5.41) is 16.1. The van der Waals surface area contributed by atoms with E-state index in [1.165, 1.54) is 6.92 Å². The zero-order chi connectivity index (χ0) is 12.4. The second-order valence-electron chi connectivity index (χ2n) is 3.00. The molecule has 0 bridgehead atoms. The first-order valence-electron chi connectivity index (χ1n) is 4.49. The molecule has 0 saturated heterocycles. The van der Waals surface area contributed by atoms with Crippen LogP contribution < -0.4 is 17.2 Å². The zero-order valence-corrected chi connectivity index (χ0v) is 8.72. The lowest BCUT2D eigenvalue weighted by Gasteiger charge is -2.02. The monoisotopic (exact) mass is 221 g/mol. The van der Waals surface area contributed by atoms with Crippen LogP contribution in [0.5, 0.6) is 0 Å². The van der Waals surface area contributed by atoms with Gasteiger partial charge in [-0.05, 0) is 26.3 Å². The fraction of sp³-hybridized carbons (Fsp3) is 0.750. The molecule has 0 radical (unpaired) electrons. The Morgan fingerprint density at radius 2 is 1.60 bits per heavy atom. The summed E-state index contributed by atoms with van der Waals surface area (Å²) < 4.78 is 0. The van der Waals surface area contributed by atoms with Gasteiger partial charge in [-0.2, -0.15) is 0 Å². The molecule has 0 rings (SSSR count). The maximum Gasteiger partial charge on any atom is 0.320 e. The summed E-state index contributed by atoms with van der Waals surface area (Å²) >= 11 is 0. The number of rotatable bonds is 5. The Kier molecular flexibility index (Phi) is 10.2. The molecule has 0 saturated carbocycles. The fourth-order valence-corrected chi connectivity index (χ4v) is 0.461. The van der Waals surface area contributed by atoms with Crippen molar-refractivity contribution >= 4 is 11.9 Å². The average molecular weight is 221 g/mol. The average Bonchev–Trinajstić information content (AvgIpc) is 2.14. The largest absolute Gasteiger partial charge is 0.480 e. The Bertz CT molecular complexity index is 196. The first-order chi connectivity index (χ1) is 6.82. The fourth-order valence-electron chi connectivity index (χ4n) is 0.461. The molecular formula is C8H19N3O4. The molecule has 0 fully saturated rings. The van der Waals surface area contributed by atoms with E-state index in [9.17, 15) is 9.59 Å². The molecule has 8 N–H and O–H groups in total. The summed E-state index contributed by atoms with van der Waals surface area (Å²) in [5.41, 5.74) is 15.1. The SMILES string of the molecule is C[C@@H](N)C(=O)O.NCCCC(N)C(=O)O. The quantitative estimate of drug-likeness (QED) is 0.381. The predicted octanol–water partition coefficient (Wildman–Crippen LogP) is -1.44. The van der Waals surface area contributed by atoms with E-state index in [1.54, 1.807) is 0 Å². The van der Waals surface area contributed by atoms with Crippen LogP contribution in [0.2, 0.25) is 0 Å². The molecule has 90 valence electrons. The second-order valence-corrected chi connectivity index (χ2v) is 3.00. The van der Waals surface area contributed by atoms with Gasteiger partial charge < -0.3 is 27.4 Å². The van der Waals surface area contributed by atoms with Crippen LogP contribution >= 0.6 is 0 Å². The van der Waals surface area contributed by atoms with Crippen molar-refractivity contribution in [1.29, 1.82) is 0 Å². The molecule has 0 aliphatic heterocycles. The second kappa shape index (κ2) is 9.38. The van der Waals surface area contributed by atoms with Crippen LogP contribution in [0.15, 0.2) is 0 Å². The molecule has 15 heavy (non-hydrogen) atoms. The van der Waals surface area contributed by atoms with Crippen molar-refractivity contribution in [3.63, 3.8) is 0 Å². The highest BCUT2D eigenvalue weighted by Crippen LogP contribution is 1.91. The smallest absolute Gasteiger partial charge is 0.320 e. The van der Waals surface area contributed by atoms with Crippen molar-refractivity contribution in [2.45, 2.75) is 31.8 Å². The van der Waals surface area contributed by atoms with Crippen LogP contribution in [0.1, 0.15) is 19.8 Å². The standard InChI is InChI=1S/C5H12N2O2.C3H7NO2/c6-3-1-2-4(7)5(8)9;1-2(4)3(5)6/h4H,1-3,6-7H2,(H,8,9);2H,4H2,1H3,(H,5,6)/t;2-/m.1/s1. The van der Waals surface area contributed by atoms with Gasteiger partial charge in [0.2, 0.25) is 0 Å². The van der Waals surface area contributed by atoms with Gasteiger partial charge in [0, 0.05) is 0 Å². The molecule has 7 nitrogen and oxygen atoms in total. The van der Waals surface area contributed by atoms with Crippen molar-refractivity contribution in [2.75, 3.05) is 6.54 Å². The first kappa shape index (κ1) is 16.3. The summed E-state index contributed by atoms with van der Waals surface area (Å²) in [6.45, 7) is 1.92. The van der Waals surface area contributed by atoms with Crippen LogP contribution in [0.3, 0.4) is 0 Å². The minimum Gasteiger partial charge on any atom is -0.480 e. The number of carboxylic acids is 2. The topological polar surface area (TPSA) is 153 Å². The van der Waals surface area contributed by atoms with E-state index in [0.717, 1.165) is 0 Å². The van der Waals surface area contributed by atoms with Crippen LogP contribution in [0.25, 0.3) is 0 Å². The number of hydrogen-bond acceptors (Lipinski definition) is 5.